The van der Waals surface area contributed by atoms with Gasteiger partial charge in [-0.3, -0.25) is 4.79 Å². The van der Waals surface area contributed by atoms with Crippen molar-refractivity contribution in [3.05, 3.63) is 106 Å². The van der Waals surface area contributed by atoms with Gasteiger partial charge >= 0.3 is 0 Å². The lowest BCUT2D eigenvalue weighted by molar-refractivity contribution is 0.0947. The van der Waals surface area contributed by atoms with E-state index in [1.54, 1.807) is 0 Å². The van der Waals surface area contributed by atoms with Crippen LogP contribution in [0.25, 0.3) is 0 Å². The number of benzene rings is 3. The zero-order valence-electron chi connectivity index (χ0n) is 18.6. The van der Waals surface area contributed by atoms with Crippen LogP contribution in [0, 0.1) is 20.8 Å². The van der Waals surface area contributed by atoms with Crippen LogP contribution < -0.4 is 10.6 Å². The number of hydrogen-bond acceptors (Lipinski definition) is 5. The van der Waals surface area contributed by atoms with Crippen molar-refractivity contribution in [1.29, 1.82) is 0 Å². The lowest BCUT2D eigenvalue weighted by Gasteiger charge is -2.08. The number of hydrogen-bond donors (Lipinski definition) is 2. The molecule has 2 N–H and O–H groups in total. The number of rotatable bonds is 7. The van der Waals surface area contributed by atoms with Gasteiger partial charge in [-0.25, -0.2) is 0 Å². The molecule has 32 heavy (non-hydrogen) atoms. The van der Waals surface area contributed by atoms with Crippen molar-refractivity contribution in [2.24, 2.45) is 0 Å². The summed E-state index contributed by atoms with van der Waals surface area (Å²) < 4.78 is 1.33. The van der Waals surface area contributed by atoms with Gasteiger partial charge in [0.2, 0.25) is 11.9 Å². The summed E-state index contributed by atoms with van der Waals surface area (Å²) in [6.45, 7) is 7.21. The lowest BCUT2D eigenvalue weighted by atomic mass is 10.1. The van der Waals surface area contributed by atoms with Gasteiger partial charge in [-0.2, -0.15) is 9.67 Å². The molecule has 0 saturated heterocycles. The molecule has 4 aromatic rings. The minimum Gasteiger partial charge on any atom is -0.350 e. The molecule has 162 valence electrons. The van der Waals surface area contributed by atoms with Gasteiger partial charge in [-0.1, -0.05) is 77.4 Å². The first-order chi connectivity index (χ1) is 15.5. The van der Waals surface area contributed by atoms with Crippen LogP contribution in [0.5, 0.6) is 0 Å². The van der Waals surface area contributed by atoms with Gasteiger partial charge in [0.1, 0.15) is 0 Å². The van der Waals surface area contributed by atoms with Crippen molar-refractivity contribution < 1.29 is 4.79 Å². The second-order valence-corrected chi connectivity index (χ2v) is 8.02. The van der Waals surface area contributed by atoms with Crippen LogP contribution in [-0.4, -0.2) is 20.7 Å². The number of aryl methyl sites for hydroxylation is 3. The Labute approximate surface area is 188 Å². The standard InChI is InChI=1S/C26H27N5O/c1-18-4-10-21(11-5-18)16-27-25-29-26(28-17-22-12-6-19(2)7-13-22)31(30-25)24(32)23-14-8-20(3)9-15-23/h4-15H,16-17H2,1-3H3,(H2,27,28,29,30). The van der Waals surface area contributed by atoms with Crippen LogP contribution in [0.4, 0.5) is 11.9 Å². The molecule has 3 aromatic carbocycles. The summed E-state index contributed by atoms with van der Waals surface area (Å²) in [5.41, 5.74) is 6.28. The van der Waals surface area contributed by atoms with E-state index in [0.717, 1.165) is 16.7 Å². The highest BCUT2D eigenvalue weighted by atomic mass is 16.2. The van der Waals surface area contributed by atoms with E-state index in [1.807, 2.05) is 31.2 Å². The quantitative estimate of drug-likeness (QED) is 0.430. The minimum atomic E-state index is -0.229. The van der Waals surface area contributed by atoms with Crippen LogP contribution >= 0.6 is 0 Å². The maximum atomic E-state index is 13.2. The SMILES string of the molecule is Cc1ccc(CNc2nc(NCc3ccc(C)cc3)n(C(=O)c3ccc(C)cc3)n2)cc1. The third-order valence-corrected chi connectivity index (χ3v) is 5.24. The molecule has 0 aliphatic heterocycles. The van der Waals surface area contributed by atoms with E-state index in [4.69, 9.17) is 0 Å². The van der Waals surface area contributed by atoms with Crippen molar-refractivity contribution in [3.63, 3.8) is 0 Å². The van der Waals surface area contributed by atoms with Crippen molar-refractivity contribution >= 4 is 17.8 Å². The molecule has 1 aromatic heterocycles. The number of nitrogens with one attached hydrogen (secondary N) is 2. The highest BCUT2D eigenvalue weighted by Gasteiger charge is 2.18. The maximum Gasteiger partial charge on any atom is 0.281 e. The summed E-state index contributed by atoms with van der Waals surface area (Å²) >= 11 is 0. The molecule has 0 atom stereocenters. The average molecular weight is 426 g/mol. The smallest absolute Gasteiger partial charge is 0.281 e. The number of nitrogens with zero attached hydrogens (tertiary/aromatic N) is 3. The molecule has 6 heteroatoms. The number of carbonyl (C=O) groups excluding carboxylic acids is 1. The molecule has 0 saturated carbocycles. The van der Waals surface area contributed by atoms with Crippen LogP contribution in [0.2, 0.25) is 0 Å². The second-order valence-electron chi connectivity index (χ2n) is 8.02. The Morgan fingerprint density at radius 2 is 1.19 bits per heavy atom. The van der Waals surface area contributed by atoms with E-state index in [-0.39, 0.29) is 5.91 Å². The molecule has 1 heterocycles. The summed E-state index contributed by atoms with van der Waals surface area (Å²) in [5, 5.41) is 10.9. The Morgan fingerprint density at radius 3 is 1.72 bits per heavy atom. The van der Waals surface area contributed by atoms with Crippen LogP contribution in [0.3, 0.4) is 0 Å². The molecule has 0 spiro atoms. The summed E-state index contributed by atoms with van der Waals surface area (Å²) in [6, 6.07) is 24.0. The van der Waals surface area contributed by atoms with Crippen LogP contribution in [-0.2, 0) is 13.1 Å². The predicted octanol–water partition coefficient (Wildman–Crippen LogP) is 5.12. The number of aromatic nitrogens is 3. The largest absolute Gasteiger partial charge is 0.350 e. The Kier molecular flexibility index (Phi) is 6.31. The third kappa shape index (κ3) is 5.21. The number of carbonyl (C=O) groups is 1. The first-order valence-electron chi connectivity index (χ1n) is 10.7. The third-order valence-electron chi connectivity index (χ3n) is 5.24. The molecule has 0 aliphatic carbocycles. The van der Waals surface area contributed by atoms with E-state index in [2.05, 4.69) is 83.1 Å². The summed E-state index contributed by atoms with van der Waals surface area (Å²) in [6.07, 6.45) is 0. The molecule has 0 fully saturated rings. The summed E-state index contributed by atoms with van der Waals surface area (Å²) in [4.78, 5) is 17.7. The van der Waals surface area contributed by atoms with Crippen molar-refractivity contribution in [2.45, 2.75) is 33.9 Å². The first kappa shape index (κ1) is 21.3. The molecule has 4 rings (SSSR count). The molecule has 0 radical (unpaired) electrons. The molecule has 0 unspecified atom stereocenters. The predicted molar refractivity (Wildman–Crippen MR) is 128 cm³/mol. The molecular formula is C26H27N5O. The van der Waals surface area contributed by atoms with Gasteiger partial charge in [0.05, 0.1) is 0 Å². The second kappa shape index (κ2) is 9.47. The summed E-state index contributed by atoms with van der Waals surface area (Å²) in [5.74, 6) is 0.576. The minimum absolute atomic E-state index is 0.229. The van der Waals surface area contributed by atoms with Gasteiger partial charge in [-0.15, -0.1) is 5.10 Å². The van der Waals surface area contributed by atoms with E-state index in [9.17, 15) is 4.79 Å². The van der Waals surface area contributed by atoms with Crippen LogP contribution in [0.1, 0.15) is 38.2 Å². The van der Waals surface area contributed by atoms with Crippen molar-refractivity contribution in [2.75, 3.05) is 10.6 Å². The van der Waals surface area contributed by atoms with Gasteiger partial charge < -0.3 is 10.6 Å². The van der Waals surface area contributed by atoms with Crippen molar-refractivity contribution in [3.8, 4) is 0 Å². The Morgan fingerprint density at radius 1 is 0.719 bits per heavy atom. The molecule has 0 aliphatic rings. The van der Waals surface area contributed by atoms with Gasteiger partial charge in [0, 0.05) is 18.7 Å². The first-order valence-corrected chi connectivity index (χ1v) is 10.7. The highest BCUT2D eigenvalue weighted by molar-refractivity contribution is 5.97. The monoisotopic (exact) mass is 425 g/mol. The number of anilines is 2. The van der Waals surface area contributed by atoms with Gasteiger partial charge in [0.25, 0.3) is 5.91 Å². The molecule has 0 amide bonds. The van der Waals surface area contributed by atoms with Crippen LogP contribution in [0.15, 0.2) is 72.8 Å². The zero-order chi connectivity index (χ0) is 22.5. The van der Waals surface area contributed by atoms with Gasteiger partial charge in [0.15, 0.2) is 0 Å². The highest BCUT2D eigenvalue weighted by Crippen LogP contribution is 2.16. The van der Waals surface area contributed by atoms with E-state index < -0.39 is 0 Å². The summed E-state index contributed by atoms with van der Waals surface area (Å²) in [7, 11) is 0. The maximum absolute atomic E-state index is 13.2. The van der Waals surface area contributed by atoms with Gasteiger partial charge in [-0.05, 0) is 44.0 Å². The Balaban J connectivity index is 1.56. The fourth-order valence-corrected chi connectivity index (χ4v) is 3.24. The zero-order valence-corrected chi connectivity index (χ0v) is 18.6. The molecule has 0 bridgehead atoms. The molecule has 6 nitrogen and oxygen atoms in total. The Bertz CT molecular complexity index is 1190. The lowest BCUT2D eigenvalue weighted by Crippen LogP contribution is -2.17. The normalized spacial score (nSPS) is 10.7. The average Bonchev–Trinajstić information content (AvgIpc) is 3.21. The molecular weight excluding hydrogens is 398 g/mol. The fraction of sp³-hybridized carbons (Fsp3) is 0.192. The van der Waals surface area contributed by atoms with E-state index >= 15 is 0 Å². The van der Waals surface area contributed by atoms with E-state index in [1.165, 1.54) is 15.8 Å². The van der Waals surface area contributed by atoms with E-state index in [0.29, 0.717) is 30.5 Å². The van der Waals surface area contributed by atoms with Crippen molar-refractivity contribution in [1.82, 2.24) is 14.8 Å². The topological polar surface area (TPSA) is 71.8 Å². The Hall–Kier alpha value is -3.93. The fourth-order valence-electron chi connectivity index (χ4n) is 3.24.